The van der Waals surface area contributed by atoms with E-state index in [1.807, 2.05) is 49.4 Å². The average molecular weight is 439 g/mol. The van der Waals surface area contributed by atoms with Gasteiger partial charge in [0.1, 0.15) is 5.75 Å². The molecule has 0 atom stereocenters. The number of hydrogen-bond acceptors (Lipinski definition) is 5. The van der Waals surface area contributed by atoms with Crippen molar-refractivity contribution in [2.75, 3.05) is 33.4 Å². The van der Waals surface area contributed by atoms with Crippen LogP contribution in [-0.2, 0) is 22.7 Å². The highest BCUT2D eigenvalue weighted by molar-refractivity contribution is 5.98. The number of amides is 1. The normalized spacial score (nSPS) is 14.8. The van der Waals surface area contributed by atoms with E-state index >= 15 is 0 Å². The summed E-state index contributed by atoms with van der Waals surface area (Å²) in [6.07, 6.45) is 3.78. The number of oxime groups is 1. The highest BCUT2D eigenvalue weighted by atomic mass is 16.6. The molecule has 0 spiro atoms. The van der Waals surface area contributed by atoms with Gasteiger partial charge >= 0.3 is 0 Å². The molecule has 0 aliphatic carbocycles. The van der Waals surface area contributed by atoms with Crippen LogP contribution in [0.25, 0.3) is 0 Å². The van der Waals surface area contributed by atoms with E-state index in [1.54, 1.807) is 11.9 Å². The van der Waals surface area contributed by atoms with Crippen molar-refractivity contribution in [3.05, 3.63) is 65.2 Å². The van der Waals surface area contributed by atoms with Crippen molar-refractivity contribution in [2.24, 2.45) is 10.9 Å². The van der Waals surface area contributed by atoms with E-state index in [4.69, 9.17) is 15.3 Å². The van der Waals surface area contributed by atoms with Crippen molar-refractivity contribution in [3.63, 3.8) is 0 Å². The Bertz CT molecular complexity index is 892. The van der Waals surface area contributed by atoms with Crippen molar-refractivity contribution in [3.8, 4) is 5.75 Å². The zero-order chi connectivity index (χ0) is 22.8. The molecule has 3 rings (SSSR count). The van der Waals surface area contributed by atoms with E-state index in [2.05, 4.69) is 16.1 Å². The molecule has 32 heavy (non-hydrogen) atoms. The van der Waals surface area contributed by atoms with Gasteiger partial charge in [0.25, 0.3) is 5.91 Å². The molecular weight excluding hydrogens is 404 g/mol. The molecule has 2 aromatic rings. The van der Waals surface area contributed by atoms with Crippen molar-refractivity contribution >= 4 is 11.7 Å². The van der Waals surface area contributed by atoms with Crippen LogP contribution < -0.4 is 10.5 Å². The molecule has 1 aliphatic rings. The van der Waals surface area contributed by atoms with E-state index in [0.29, 0.717) is 19.0 Å². The highest BCUT2D eigenvalue weighted by Crippen LogP contribution is 2.16. The Hall–Kier alpha value is -3.06. The Balaban J connectivity index is 1.52. The van der Waals surface area contributed by atoms with Gasteiger partial charge in [0, 0.05) is 25.7 Å². The van der Waals surface area contributed by atoms with Crippen LogP contribution in [0.5, 0.6) is 5.75 Å². The molecule has 0 unspecified atom stereocenters. The highest BCUT2D eigenvalue weighted by Gasteiger charge is 2.15. The smallest absolute Gasteiger partial charge is 0.263 e. The standard InChI is InChI=1S/C25H34N4O3/c1-3-31-22-13-11-20(12-14-22)17-28(2)24(30)19-32-27-25(26)23-10-6-5-9-21(23)18-29-15-7-4-8-16-29/h5-6,9-14H,3-4,7-8,15-19H2,1-2H3,(H2,26,27). The first-order valence-electron chi connectivity index (χ1n) is 11.3. The van der Waals surface area contributed by atoms with Crippen molar-refractivity contribution < 1.29 is 14.4 Å². The number of benzene rings is 2. The molecule has 1 saturated heterocycles. The maximum atomic E-state index is 12.4. The molecule has 2 aromatic carbocycles. The van der Waals surface area contributed by atoms with Gasteiger partial charge in [-0.25, -0.2) is 0 Å². The molecule has 0 radical (unpaired) electrons. The first kappa shape index (κ1) is 23.6. The van der Waals surface area contributed by atoms with Gasteiger partial charge in [0.2, 0.25) is 0 Å². The fourth-order valence-electron chi connectivity index (χ4n) is 3.80. The lowest BCUT2D eigenvalue weighted by Gasteiger charge is -2.27. The summed E-state index contributed by atoms with van der Waals surface area (Å²) >= 11 is 0. The van der Waals surface area contributed by atoms with Crippen LogP contribution in [0, 0.1) is 0 Å². The number of hydrogen-bond donors (Lipinski definition) is 1. The molecule has 7 heteroatoms. The molecule has 1 aliphatic heterocycles. The van der Waals surface area contributed by atoms with Crippen LogP contribution in [0.1, 0.15) is 42.9 Å². The summed E-state index contributed by atoms with van der Waals surface area (Å²) in [5.74, 6) is 0.940. The number of piperidine rings is 1. The number of carbonyl (C=O) groups excluding carboxylic acids is 1. The topological polar surface area (TPSA) is 80.4 Å². The molecule has 1 amide bonds. The summed E-state index contributed by atoms with van der Waals surface area (Å²) in [4.78, 5) is 21.8. The number of amidine groups is 1. The van der Waals surface area contributed by atoms with E-state index < -0.39 is 0 Å². The first-order valence-corrected chi connectivity index (χ1v) is 11.3. The fraction of sp³-hybridized carbons (Fsp3) is 0.440. The zero-order valence-corrected chi connectivity index (χ0v) is 19.1. The largest absolute Gasteiger partial charge is 0.494 e. The number of nitrogens with two attached hydrogens (primary N) is 1. The molecular formula is C25H34N4O3. The summed E-state index contributed by atoms with van der Waals surface area (Å²) in [5, 5.41) is 4.02. The maximum absolute atomic E-state index is 12.4. The molecule has 7 nitrogen and oxygen atoms in total. The van der Waals surface area contributed by atoms with Gasteiger partial charge in [-0.15, -0.1) is 0 Å². The van der Waals surface area contributed by atoms with Crippen LogP contribution in [-0.4, -0.2) is 54.9 Å². The van der Waals surface area contributed by atoms with Crippen molar-refractivity contribution in [1.82, 2.24) is 9.80 Å². The molecule has 1 heterocycles. The Morgan fingerprint density at radius 1 is 1.09 bits per heavy atom. The minimum absolute atomic E-state index is 0.164. The fourth-order valence-corrected chi connectivity index (χ4v) is 3.80. The number of carbonyl (C=O) groups is 1. The molecule has 172 valence electrons. The Labute approximate surface area is 190 Å². The van der Waals surface area contributed by atoms with Gasteiger partial charge in [-0.3, -0.25) is 9.69 Å². The van der Waals surface area contributed by atoms with Crippen LogP contribution >= 0.6 is 0 Å². The second kappa shape index (κ2) is 12.1. The SMILES string of the molecule is CCOc1ccc(CN(C)C(=O)CO/N=C(/N)c2ccccc2CN2CCCCC2)cc1. The van der Waals surface area contributed by atoms with E-state index in [-0.39, 0.29) is 12.5 Å². The summed E-state index contributed by atoms with van der Waals surface area (Å²) in [5.41, 5.74) is 9.19. The first-order chi connectivity index (χ1) is 15.6. The van der Waals surface area contributed by atoms with Gasteiger partial charge in [0.05, 0.1) is 6.61 Å². The minimum atomic E-state index is -0.169. The summed E-state index contributed by atoms with van der Waals surface area (Å²) < 4.78 is 5.45. The van der Waals surface area contributed by atoms with Crippen LogP contribution in [0.2, 0.25) is 0 Å². The zero-order valence-electron chi connectivity index (χ0n) is 19.1. The lowest BCUT2D eigenvalue weighted by Crippen LogP contribution is -2.31. The third-order valence-electron chi connectivity index (χ3n) is 5.57. The molecule has 0 bridgehead atoms. The molecule has 0 saturated carbocycles. The predicted octanol–water partition coefficient (Wildman–Crippen LogP) is 3.37. The number of likely N-dealkylation sites (tertiary alicyclic amines) is 1. The Morgan fingerprint density at radius 3 is 2.53 bits per heavy atom. The van der Waals surface area contributed by atoms with Gasteiger partial charge in [0.15, 0.2) is 12.4 Å². The third kappa shape index (κ3) is 6.99. The maximum Gasteiger partial charge on any atom is 0.263 e. The average Bonchev–Trinajstić information content (AvgIpc) is 2.81. The van der Waals surface area contributed by atoms with E-state index in [1.165, 1.54) is 19.3 Å². The van der Waals surface area contributed by atoms with Gasteiger partial charge in [-0.1, -0.05) is 48.0 Å². The number of ether oxygens (including phenoxy) is 1. The van der Waals surface area contributed by atoms with Gasteiger partial charge in [-0.2, -0.15) is 0 Å². The summed E-state index contributed by atoms with van der Waals surface area (Å²) in [6, 6.07) is 15.7. The Kier molecular flexibility index (Phi) is 8.92. The van der Waals surface area contributed by atoms with Crippen LogP contribution in [0.3, 0.4) is 0 Å². The molecule has 2 N–H and O–H groups in total. The molecule has 1 fully saturated rings. The quantitative estimate of drug-likeness (QED) is 0.350. The van der Waals surface area contributed by atoms with Gasteiger partial charge < -0.3 is 20.2 Å². The second-order valence-electron chi connectivity index (χ2n) is 8.07. The van der Waals surface area contributed by atoms with E-state index in [9.17, 15) is 4.79 Å². The molecule has 0 aromatic heterocycles. The lowest BCUT2D eigenvalue weighted by molar-refractivity contribution is -0.135. The summed E-state index contributed by atoms with van der Waals surface area (Å²) in [7, 11) is 1.74. The van der Waals surface area contributed by atoms with E-state index in [0.717, 1.165) is 42.1 Å². The minimum Gasteiger partial charge on any atom is -0.494 e. The van der Waals surface area contributed by atoms with Crippen molar-refractivity contribution in [2.45, 2.75) is 39.3 Å². The van der Waals surface area contributed by atoms with Crippen LogP contribution in [0.4, 0.5) is 0 Å². The third-order valence-corrected chi connectivity index (χ3v) is 5.57. The van der Waals surface area contributed by atoms with Crippen molar-refractivity contribution in [1.29, 1.82) is 0 Å². The van der Waals surface area contributed by atoms with Crippen LogP contribution in [0.15, 0.2) is 53.7 Å². The number of likely N-dealkylation sites (N-methyl/N-ethyl adjacent to an activating group) is 1. The number of nitrogens with zero attached hydrogens (tertiary/aromatic N) is 3. The monoisotopic (exact) mass is 438 g/mol. The predicted molar refractivity (Wildman–Crippen MR) is 126 cm³/mol. The second-order valence-corrected chi connectivity index (χ2v) is 8.07. The lowest BCUT2D eigenvalue weighted by atomic mass is 10.0. The summed E-state index contributed by atoms with van der Waals surface area (Å²) in [6.45, 7) is 5.95. The number of rotatable bonds is 10. The Morgan fingerprint density at radius 2 is 1.81 bits per heavy atom. The van der Waals surface area contributed by atoms with Gasteiger partial charge in [-0.05, 0) is 56.1 Å².